The van der Waals surface area contributed by atoms with Crippen LogP contribution in [0.2, 0.25) is 0 Å². The number of rotatable bonds is 6. The van der Waals surface area contributed by atoms with Gasteiger partial charge in [-0.05, 0) is 25.3 Å². The summed E-state index contributed by atoms with van der Waals surface area (Å²) in [6, 6.07) is 22.3. The average molecular weight is 399 g/mol. The minimum Gasteiger partial charge on any atom is -0.355 e. The van der Waals surface area contributed by atoms with Gasteiger partial charge in [0.15, 0.2) is 5.65 Å². The number of aryl methyl sites for hydroxylation is 2. The van der Waals surface area contributed by atoms with Crippen molar-refractivity contribution in [2.24, 2.45) is 0 Å². The van der Waals surface area contributed by atoms with Crippen LogP contribution >= 0.6 is 0 Å². The monoisotopic (exact) mass is 398 g/mol. The molecule has 4 rings (SSSR count). The molecule has 0 bridgehead atoms. The third-order valence-electron chi connectivity index (χ3n) is 5.54. The summed E-state index contributed by atoms with van der Waals surface area (Å²) in [5.41, 5.74) is 6.69. The molecular weight excluding hydrogens is 372 g/mol. The molecule has 0 aliphatic rings. The van der Waals surface area contributed by atoms with Crippen LogP contribution in [0.1, 0.15) is 35.4 Å². The SMILES string of the molecule is Cc1nc2cc(-c3ccccc3)nn2c(C)c1CC(=O)NC[C@H](C)c1ccccc1. The van der Waals surface area contributed by atoms with E-state index in [1.165, 1.54) is 5.56 Å². The van der Waals surface area contributed by atoms with Crippen LogP contribution in [-0.2, 0) is 11.2 Å². The quantitative estimate of drug-likeness (QED) is 0.521. The molecule has 5 heteroatoms. The van der Waals surface area contributed by atoms with Crippen LogP contribution in [0.5, 0.6) is 0 Å². The summed E-state index contributed by atoms with van der Waals surface area (Å²) in [6.07, 6.45) is 0.294. The van der Waals surface area contributed by atoms with Gasteiger partial charge in [-0.1, -0.05) is 67.6 Å². The highest BCUT2D eigenvalue weighted by Gasteiger charge is 2.16. The Morgan fingerprint density at radius 2 is 1.70 bits per heavy atom. The van der Waals surface area contributed by atoms with Crippen LogP contribution in [0.25, 0.3) is 16.9 Å². The maximum atomic E-state index is 12.6. The lowest BCUT2D eigenvalue weighted by atomic mass is 10.0. The zero-order chi connectivity index (χ0) is 21.1. The Kier molecular flexibility index (Phi) is 5.61. The van der Waals surface area contributed by atoms with Crippen LogP contribution in [0.3, 0.4) is 0 Å². The highest BCUT2D eigenvalue weighted by Crippen LogP contribution is 2.22. The molecule has 1 atom stereocenters. The van der Waals surface area contributed by atoms with E-state index >= 15 is 0 Å². The van der Waals surface area contributed by atoms with Gasteiger partial charge >= 0.3 is 0 Å². The summed E-state index contributed by atoms with van der Waals surface area (Å²) in [4.78, 5) is 17.3. The standard InChI is InChI=1S/C25H26N4O/c1-17(20-10-6-4-7-11-20)16-26-25(30)14-22-18(2)27-24-15-23(28-29(24)19(22)3)21-12-8-5-9-13-21/h4-13,15,17H,14,16H2,1-3H3,(H,26,30)/t17-/m0/s1. The van der Waals surface area contributed by atoms with Crippen LogP contribution < -0.4 is 5.32 Å². The van der Waals surface area contributed by atoms with Crippen LogP contribution in [-0.4, -0.2) is 27.0 Å². The van der Waals surface area contributed by atoms with Crippen molar-refractivity contribution in [3.63, 3.8) is 0 Å². The van der Waals surface area contributed by atoms with E-state index in [9.17, 15) is 4.79 Å². The number of carbonyl (C=O) groups excluding carboxylic acids is 1. The summed E-state index contributed by atoms with van der Waals surface area (Å²) >= 11 is 0. The number of nitrogens with one attached hydrogen (secondary N) is 1. The lowest BCUT2D eigenvalue weighted by Gasteiger charge is -2.14. The van der Waals surface area contributed by atoms with Gasteiger partial charge in [0.2, 0.25) is 5.91 Å². The van der Waals surface area contributed by atoms with Gasteiger partial charge in [-0.25, -0.2) is 9.50 Å². The van der Waals surface area contributed by atoms with Crippen LogP contribution in [0.15, 0.2) is 66.7 Å². The van der Waals surface area contributed by atoms with E-state index in [2.05, 4.69) is 24.4 Å². The largest absolute Gasteiger partial charge is 0.355 e. The Morgan fingerprint density at radius 3 is 2.40 bits per heavy atom. The van der Waals surface area contributed by atoms with Gasteiger partial charge in [0.25, 0.3) is 0 Å². The predicted molar refractivity (Wildman–Crippen MR) is 119 cm³/mol. The molecule has 2 aromatic heterocycles. The van der Waals surface area contributed by atoms with Gasteiger partial charge in [-0.15, -0.1) is 0 Å². The minimum atomic E-state index is 0.000528. The topological polar surface area (TPSA) is 59.3 Å². The zero-order valence-electron chi connectivity index (χ0n) is 17.6. The lowest BCUT2D eigenvalue weighted by Crippen LogP contribution is -2.29. The number of aromatic nitrogens is 3. The third kappa shape index (κ3) is 4.10. The van der Waals surface area contributed by atoms with Gasteiger partial charge in [0, 0.05) is 35.1 Å². The second-order valence-corrected chi connectivity index (χ2v) is 7.72. The summed E-state index contributed by atoms with van der Waals surface area (Å²) in [7, 11) is 0. The van der Waals surface area contributed by atoms with Crippen molar-refractivity contribution in [3.05, 3.63) is 89.2 Å². The van der Waals surface area contributed by atoms with Crippen LogP contribution in [0, 0.1) is 13.8 Å². The molecule has 0 saturated heterocycles. The zero-order valence-corrected chi connectivity index (χ0v) is 17.6. The number of nitrogens with zero attached hydrogens (tertiary/aromatic N) is 3. The molecular formula is C25H26N4O. The van der Waals surface area contributed by atoms with E-state index in [0.717, 1.165) is 33.9 Å². The number of hydrogen-bond acceptors (Lipinski definition) is 3. The van der Waals surface area contributed by atoms with Crippen molar-refractivity contribution in [2.75, 3.05) is 6.54 Å². The first kappa shape index (κ1) is 19.8. The van der Waals surface area contributed by atoms with Crippen molar-refractivity contribution in [1.29, 1.82) is 0 Å². The molecule has 1 amide bonds. The summed E-state index contributed by atoms with van der Waals surface area (Å²) < 4.78 is 1.84. The van der Waals surface area contributed by atoms with Gasteiger partial charge in [0.1, 0.15) is 0 Å². The normalized spacial score (nSPS) is 12.1. The van der Waals surface area contributed by atoms with E-state index in [4.69, 9.17) is 10.1 Å². The first-order valence-corrected chi connectivity index (χ1v) is 10.3. The molecule has 5 nitrogen and oxygen atoms in total. The second-order valence-electron chi connectivity index (χ2n) is 7.72. The van der Waals surface area contributed by atoms with Crippen molar-refractivity contribution in [3.8, 4) is 11.3 Å². The van der Waals surface area contributed by atoms with Crippen molar-refractivity contribution in [2.45, 2.75) is 33.1 Å². The molecule has 0 radical (unpaired) electrons. The van der Waals surface area contributed by atoms with Gasteiger partial charge in [0.05, 0.1) is 12.1 Å². The fraction of sp³-hybridized carbons (Fsp3) is 0.240. The molecule has 0 spiro atoms. The fourth-order valence-corrected chi connectivity index (χ4v) is 3.72. The summed E-state index contributed by atoms with van der Waals surface area (Å²) in [5.74, 6) is 0.262. The molecule has 30 heavy (non-hydrogen) atoms. The molecule has 0 aliphatic heterocycles. The maximum absolute atomic E-state index is 12.6. The summed E-state index contributed by atoms with van der Waals surface area (Å²) in [6.45, 7) is 6.68. The Labute approximate surface area is 176 Å². The molecule has 0 unspecified atom stereocenters. The maximum Gasteiger partial charge on any atom is 0.224 e. The van der Waals surface area contributed by atoms with Crippen LogP contribution in [0.4, 0.5) is 0 Å². The van der Waals surface area contributed by atoms with E-state index in [1.807, 2.05) is 73.0 Å². The summed E-state index contributed by atoms with van der Waals surface area (Å²) in [5, 5.41) is 7.79. The second kappa shape index (κ2) is 8.49. The third-order valence-corrected chi connectivity index (χ3v) is 5.54. The molecule has 1 N–H and O–H groups in total. The Bertz CT molecular complexity index is 1170. The van der Waals surface area contributed by atoms with E-state index in [0.29, 0.717) is 13.0 Å². The van der Waals surface area contributed by atoms with Crippen molar-refractivity contribution in [1.82, 2.24) is 19.9 Å². The molecule has 152 valence electrons. The minimum absolute atomic E-state index is 0.000528. The predicted octanol–water partition coefficient (Wildman–Crippen LogP) is 4.48. The smallest absolute Gasteiger partial charge is 0.224 e. The molecule has 2 aromatic carbocycles. The average Bonchev–Trinajstić information content (AvgIpc) is 3.20. The molecule has 2 heterocycles. The van der Waals surface area contributed by atoms with Crippen molar-refractivity contribution >= 4 is 11.6 Å². The molecule has 4 aromatic rings. The van der Waals surface area contributed by atoms with E-state index in [-0.39, 0.29) is 11.8 Å². The first-order chi connectivity index (χ1) is 14.5. The highest BCUT2D eigenvalue weighted by molar-refractivity contribution is 5.79. The highest BCUT2D eigenvalue weighted by atomic mass is 16.1. The van der Waals surface area contributed by atoms with Gasteiger partial charge in [-0.2, -0.15) is 5.10 Å². The van der Waals surface area contributed by atoms with Crippen molar-refractivity contribution < 1.29 is 4.79 Å². The Morgan fingerprint density at radius 1 is 1.03 bits per heavy atom. The van der Waals surface area contributed by atoms with E-state index in [1.54, 1.807) is 0 Å². The molecule has 0 aliphatic carbocycles. The number of hydrogen-bond donors (Lipinski definition) is 1. The number of benzene rings is 2. The number of amides is 1. The fourth-order valence-electron chi connectivity index (χ4n) is 3.72. The first-order valence-electron chi connectivity index (χ1n) is 10.3. The van der Waals surface area contributed by atoms with Gasteiger partial charge in [-0.3, -0.25) is 4.79 Å². The van der Waals surface area contributed by atoms with E-state index < -0.39 is 0 Å². The molecule has 0 fully saturated rings. The molecule has 0 saturated carbocycles. The Hall–Kier alpha value is -3.47. The Balaban J connectivity index is 1.51. The lowest BCUT2D eigenvalue weighted by molar-refractivity contribution is -0.120. The number of carbonyl (C=O) groups is 1. The van der Waals surface area contributed by atoms with Gasteiger partial charge < -0.3 is 5.32 Å². The number of fused-ring (bicyclic) bond motifs is 1.